The summed E-state index contributed by atoms with van der Waals surface area (Å²) in [6, 6.07) is 8.81. The van der Waals surface area contributed by atoms with Gasteiger partial charge in [-0.05, 0) is 45.0 Å². The Labute approximate surface area is 107 Å². The maximum absolute atomic E-state index is 5.62. The van der Waals surface area contributed by atoms with Gasteiger partial charge in [-0.2, -0.15) is 0 Å². The summed E-state index contributed by atoms with van der Waals surface area (Å²) >= 11 is 3.44. The lowest BCUT2D eigenvalue weighted by Gasteiger charge is -2.23. The third-order valence-corrected chi connectivity index (χ3v) is 3.26. The molecule has 0 saturated heterocycles. The SMILES string of the molecule is CCOC(C)C(Cc1ccc(Br)cc1)NC. The third-order valence-electron chi connectivity index (χ3n) is 2.74. The quantitative estimate of drug-likeness (QED) is 0.868. The molecule has 0 saturated carbocycles. The van der Waals surface area contributed by atoms with E-state index in [0.717, 1.165) is 17.5 Å². The van der Waals surface area contributed by atoms with Crippen molar-refractivity contribution in [3.8, 4) is 0 Å². The summed E-state index contributed by atoms with van der Waals surface area (Å²) in [5, 5.41) is 3.31. The van der Waals surface area contributed by atoms with Crippen LogP contribution >= 0.6 is 15.9 Å². The molecule has 2 unspecified atom stereocenters. The Balaban J connectivity index is 2.59. The van der Waals surface area contributed by atoms with Crippen LogP contribution in [0.3, 0.4) is 0 Å². The molecule has 0 aliphatic rings. The molecule has 2 atom stereocenters. The highest BCUT2D eigenvalue weighted by atomic mass is 79.9. The van der Waals surface area contributed by atoms with Crippen LogP contribution in [0.15, 0.2) is 28.7 Å². The molecular formula is C13H20BrNO. The first-order valence-electron chi connectivity index (χ1n) is 5.70. The lowest BCUT2D eigenvalue weighted by Crippen LogP contribution is -2.39. The number of benzene rings is 1. The second-order valence-electron chi connectivity index (χ2n) is 3.89. The van der Waals surface area contributed by atoms with Crippen LogP contribution in [-0.4, -0.2) is 25.8 Å². The molecule has 0 aromatic heterocycles. The Morgan fingerprint density at radius 1 is 1.31 bits per heavy atom. The predicted molar refractivity (Wildman–Crippen MR) is 71.8 cm³/mol. The zero-order chi connectivity index (χ0) is 12.0. The number of rotatable bonds is 6. The molecule has 0 radical (unpaired) electrons. The number of hydrogen-bond acceptors (Lipinski definition) is 2. The van der Waals surface area contributed by atoms with Gasteiger partial charge in [0, 0.05) is 17.1 Å². The molecule has 90 valence electrons. The molecule has 1 N–H and O–H groups in total. The Bertz CT molecular complexity index is 299. The van der Waals surface area contributed by atoms with Crippen LogP contribution in [-0.2, 0) is 11.2 Å². The van der Waals surface area contributed by atoms with E-state index in [-0.39, 0.29) is 6.10 Å². The van der Waals surface area contributed by atoms with Gasteiger partial charge in [0.25, 0.3) is 0 Å². The summed E-state index contributed by atoms with van der Waals surface area (Å²) < 4.78 is 6.74. The molecule has 0 aliphatic heterocycles. The van der Waals surface area contributed by atoms with E-state index >= 15 is 0 Å². The normalized spacial score (nSPS) is 14.8. The lowest BCUT2D eigenvalue weighted by molar-refractivity contribution is 0.0497. The molecule has 16 heavy (non-hydrogen) atoms. The highest BCUT2D eigenvalue weighted by molar-refractivity contribution is 9.10. The Hall–Kier alpha value is -0.380. The van der Waals surface area contributed by atoms with Crippen LogP contribution in [0.5, 0.6) is 0 Å². The number of hydrogen-bond donors (Lipinski definition) is 1. The summed E-state index contributed by atoms with van der Waals surface area (Å²) in [6.45, 7) is 4.91. The van der Waals surface area contributed by atoms with Gasteiger partial charge < -0.3 is 10.1 Å². The van der Waals surface area contributed by atoms with Gasteiger partial charge in [0.15, 0.2) is 0 Å². The van der Waals surface area contributed by atoms with Gasteiger partial charge in [-0.1, -0.05) is 28.1 Å². The smallest absolute Gasteiger partial charge is 0.0702 e. The van der Waals surface area contributed by atoms with E-state index in [4.69, 9.17) is 4.74 Å². The maximum atomic E-state index is 5.62. The third kappa shape index (κ3) is 4.24. The molecule has 1 aromatic rings. The molecular weight excluding hydrogens is 266 g/mol. The van der Waals surface area contributed by atoms with Crippen molar-refractivity contribution in [2.75, 3.05) is 13.7 Å². The Kier molecular flexibility index (Phi) is 6.03. The fourth-order valence-corrected chi connectivity index (χ4v) is 2.02. The number of ether oxygens (including phenoxy) is 1. The highest BCUT2D eigenvalue weighted by Crippen LogP contribution is 2.13. The molecule has 3 heteroatoms. The molecule has 1 aromatic carbocycles. The average Bonchev–Trinajstić information content (AvgIpc) is 2.28. The monoisotopic (exact) mass is 285 g/mol. The molecule has 1 rings (SSSR count). The molecule has 0 spiro atoms. The number of halogens is 1. The van der Waals surface area contributed by atoms with E-state index in [2.05, 4.69) is 52.4 Å². The minimum Gasteiger partial charge on any atom is -0.377 e. The van der Waals surface area contributed by atoms with Crippen molar-refractivity contribution in [3.05, 3.63) is 34.3 Å². The summed E-state index contributed by atoms with van der Waals surface area (Å²) in [5.41, 5.74) is 1.33. The molecule has 2 nitrogen and oxygen atoms in total. The maximum Gasteiger partial charge on any atom is 0.0702 e. The van der Waals surface area contributed by atoms with Crippen molar-refractivity contribution in [2.45, 2.75) is 32.4 Å². The summed E-state index contributed by atoms with van der Waals surface area (Å²) in [5.74, 6) is 0. The average molecular weight is 286 g/mol. The van der Waals surface area contributed by atoms with Crippen LogP contribution in [0.1, 0.15) is 19.4 Å². The van der Waals surface area contributed by atoms with Crippen molar-refractivity contribution < 1.29 is 4.74 Å². The van der Waals surface area contributed by atoms with Crippen LogP contribution in [0.2, 0.25) is 0 Å². The van der Waals surface area contributed by atoms with E-state index in [1.54, 1.807) is 0 Å². The fraction of sp³-hybridized carbons (Fsp3) is 0.538. The van der Waals surface area contributed by atoms with Gasteiger partial charge >= 0.3 is 0 Å². The lowest BCUT2D eigenvalue weighted by atomic mass is 10.0. The number of likely N-dealkylation sites (N-methyl/N-ethyl adjacent to an activating group) is 1. The second-order valence-corrected chi connectivity index (χ2v) is 4.80. The van der Waals surface area contributed by atoms with Crippen molar-refractivity contribution in [2.24, 2.45) is 0 Å². The first kappa shape index (κ1) is 13.7. The van der Waals surface area contributed by atoms with E-state index in [9.17, 15) is 0 Å². The van der Waals surface area contributed by atoms with E-state index in [1.165, 1.54) is 5.56 Å². The Morgan fingerprint density at radius 3 is 2.44 bits per heavy atom. The zero-order valence-electron chi connectivity index (χ0n) is 10.2. The van der Waals surface area contributed by atoms with Gasteiger partial charge in [0.2, 0.25) is 0 Å². The second kappa shape index (κ2) is 7.05. The highest BCUT2D eigenvalue weighted by Gasteiger charge is 2.15. The Morgan fingerprint density at radius 2 is 1.94 bits per heavy atom. The van der Waals surface area contributed by atoms with E-state index in [1.807, 2.05) is 14.0 Å². The van der Waals surface area contributed by atoms with Crippen molar-refractivity contribution >= 4 is 15.9 Å². The van der Waals surface area contributed by atoms with Gasteiger partial charge in [-0.15, -0.1) is 0 Å². The fourth-order valence-electron chi connectivity index (χ4n) is 1.76. The van der Waals surface area contributed by atoms with Crippen LogP contribution in [0, 0.1) is 0 Å². The predicted octanol–water partition coefficient (Wildman–Crippen LogP) is 3.00. The molecule has 0 heterocycles. The molecule has 0 aliphatic carbocycles. The summed E-state index contributed by atoms with van der Waals surface area (Å²) in [4.78, 5) is 0. The van der Waals surface area contributed by atoms with E-state index in [0.29, 0.717) is 6.04 Å². The standard InChI is InChI=1S/C13H20BrNO/c1-4-16-10(2)13(15-3)9-11-5-7-12(14)8-6-11/h5-8,10,13,15H,4,9H2,1-3H3. The van der Waals surface area contributed by atoms with Gasteiger partial charge in [-0.25, -0.2) is 0 Å². The summed E-state index contributed by atoms with van der Waals surface area (Å²) in [6.07, 6.45) is 1.23. The van der Waals surface area contributed by atoms with Gasteiger partial charge in [0.05, 0.1) is 6.10 Å². The minimum atomic E-state index is 0.235. The first-order chi connectivity index (χ1) is 7.67. The van der Waals surface area contributed by atoms with Gasteiger partial charge in [0.1, 0.15) is 0 Å². The zero-order valence-corrected chi connectivity index (χ0v) is 11.8. The molecule has 0 fully saturated rings. The first-order valence-corrected chi connectivity index (χ1v) is 6.50. The topological polar surface area (TPSA) is 21.3 Å². The molecule has 0 bridgehead atoms. The van der Waals surface area contributed by atoms with Crippen molar-refractivity contribution in [1.82, 2.24) is 5.32 Å². The summed E-state index contributed by atoms with van der Waals surface area (Å²) in [7, 11) is 1.99. The van der Waals surface area contributed by atoms with Crippen LogP contribution in [0.25, 0.3) is 0 Å². The van der Waals surface area contributed by atoms with Crippen LogP contribution < -0.4 is 5.32 Å². The van der Waals surface area contributed by atoms with E-state index < -0.39 is 0 Å². The van der Waals surface area contributed by atoms with Crippen LogP contribution in [0.4, 0.5) is 0 Å². The molecule has 0 amide bonds. The van der Waals surface area contributed by atoms with Crippen molar-refractivity contribution in [1.29, 1.82) is 0 Å². The van der Waals surface area contributed by atoms with Gasteiger partial charge in [-0.3, -0.25) is 0 Å². The van der Waals surface area contributed by atoms with Crippen molar-refractivity contribution in [3.63, 3.8) is 0 Å². The largest absolute Gasteiger partial charge is 0.377 e. The number of nitrogens with one attached hydrogen (secondary N) is 1. The minimum absolute atomic E-state index is 0.235.